The molecule has 0 aliphatic heterocycles. The highest BCUT2D eigenvalue weighted by Crippen LogP contribution is 2.40. The zero-order valence-corrected chi connectivity index (χ0v) is 27.7. The molecule has 8 heteroatoms. The molecule has 4 aliphatic rings. The van der Waals surface area contributed by atoms with E-state index in [1.165, 1.54) is 57.8 Å². The van der Waals surface area contributed by atoms with Crippen LogP contribution < -0.4 is 0 Å². The Labute approximate surface area is 266 Å². The molecule has 0 aromatic carbocycles. The van der Waals surface area contributed by atoms with Crippen LogP contribution in [0.3, 0.4) is 0 Å². The summed E-state index contributed by atoms with van der Waals surface area (Å²) in [5, 5.41) is 0. The summed E-state index contributed by atoms with van der Waals surface area (Å²) in [5.74, 6) is 3.20. The minimum Gasteiger partial charge on any atom is -0.463 e. The molecule has 8 unspecified atom stereocenters. The molecule has 0 saturated heterocycles. The van der Waals surface area contributed by atoms with E-state index in [9.17, 15) is 9.59 Å². The number of esters is 2. The first-order valence-corrected chi connectivity index (χ1v) is 18.0. The van der Waals surface area contributed by atoms with Gasteiger partial charge in [0.1, 0.15) is 13.2 Å². The normalized spacial score (nSPS) is 32.7. The second-order valence-electron chi connectivity index (χ2n) is 14.4. The molecule has 0 spiro atoms. The van der Waals surface area contributed by atoms with Crippen molar-refractivity contribution in [3.8, 4) is 0 Å². The minimum atomic E-state index is -0.0676. The van der Waals surface area contributed by atoms with Crippen molar-refractivity contribution in [1.82, 2.24) is 0 Å². The maximum atomic E-state index is 12.5. The van der Waals surface area contributed by atoms with Crippen molar-refractivity contribution in [3.05, 3.63) is 0 Å². The third-order valence-corrected chi connectivity index (χ3v) is 10.9. The molecule has 4 saturated carbocycles. The van der Waals surface area contributed by atoms with Gasteiger partial charge in [0.2, 0.25) is 0 Å². The van der Waals surface area contributed by atoms with Gasteiger partial charge in [0.05, 0.1) is 37.2 Å². The van der Waals surface area contributed by atoms with Crippen molar-refractivity contribution in [1.29, 1.82) is 0 Å². The lowest BCUT2D eigenvalue weighted by Crippen LogP contribution is -2.28. The SMILES string of the molecule is COCCOC(=O)CC1CCCC(CC2CCCC(N=C=NC3CCCC(CC4CCCC(C(=O)OCCOC)C4)C3)C2)C1. The first-order chi connectivity index (χ1) is 21.5. The quantitative estimate of drug-likeness (QED) is 0.108. The minimum absolute atomic E-state index is 0.0297. The molecule has 0 radical (unpaired) electrons. The first kappa shape index (κ1) is 35.1. The van der Waals surface area contributed by atoms with Crippen LogP contribution in [0.15, 0.2) is 9.98 Å². The summed E-state index contributed by atoms with van der Waals surface area (Å²) in [6, 6.07) is 3.89. The van der Waals surface area contributed by atoms with Crippen LogP contribution in [-0.2, 0) is 28.5 Å². The molecule has 0 bridgehead atoms. The predicted molar refractivity (Wildman–Crippen MR) is 172 cm³/mol. The Balaban J connectivity index is 1.16. The molecule has 8 atom stereocenters. The van der Waals surface area contributed by atoms with E-state index in [2.05, 4.69) is 6.01 Å². The molecule has 0 aromatic rings. The number of aliphatic imine (C=N–C) groups is 2. The van der Waals surface area contributed by atoms with Gasteiger partial charge >= 0.3 is 11.9 Å². The van der Waals surface area contributed by atoms with Gasteiger partial charge in [-0.05, 0) is 93.8 Å². The lowest BCUT2D eigenvalue weighted by Gasteiger charge is -2.34. The van der Waals surface area contributed by atoms with Crippen LogP contribution in [0.2, 0.25) is 0 Å². The molecular weight excluding hydrogens is 556 g/mol. The van der Waals surface area contributed by atoms with Crippen LogP contribution in [0.5, 0.6) is 0 Å². The summed E-state index contributed by atoms with van der Waals surface area (Å²) < 4.78 is 20.8. The summed E-state index contributed by atoms with van der Waals surface area (Å²) in [6.07, 6.45) is 21.8. The van der Waals surface area contributed by atoms with E-state index < -0.39 is 0 Å². The summed E-state index contributed by atoms with van der Waals surface area (Å²) >= 11 is 0. The molecule has 0 amide bonds. The van der Waals surface area contributed by atoms with Gasteiger partial charge in [-0.1, -0.05) is 51.4 Å². The van der Waals surface area contributed by atoms with Crippen molar-refractivity contribution in [2.75, 3.05) is 40.6 Å². The van der Waals surface area contributed by atoms with E-state index in [1.54, 1.807) is 14.2 Å². The monoisotopic (exact) mass is 616 g/mol. The first-order valence-electron chi connectivity index (χ1n) is 18.0. The predicted octanol–water partition coefficient (Wildman–Crippen LogP) is 7.44. The van der Waals surface area contributed by atoms with E-state index in [1.807, 2.05) is 0 Å². The Morgan fingerprint density at radius 2 is 1.09 bits per heavy atom. The van der Waals surface area contributed by atoms with Crippen molar-refractivity contribution in [3.63, 3.8) is 0 Å². The topological polar surface area (TPSA) is 95.8 Å². The number of carbonyl (C=O) groups is 2. The molecule has 0 heterocycles. The molecule has 4 fully saturated rings. The van der Waals surface area contributed by atoms with Crippen LogP contribution in [-0.4, -0.2) is 70.7 Å². The van der Waals surface area contributed by atoms with Gasteiger partial charge in [0.25, 0.3) is 0 Å². The number of ether oxygens (including phenoxy) is 4. The van der Waals surface area contributed by atoms with Gasteiger partial charge in [0, 0.05) is 20.6 Å². The molecule has 0 aromatic heterocycles. The zero-order chi connectivity index (χ0) is 31.0. The van der Waals surface area contributed by atoms with E-state index in [-0.39, 0.29) is 17.9 Å². The number of nitrogens with zero attached hydrogens (tertiary/aromatic N) is 2. The smallest absolute Gasteiger partial charge is 0.309 e. The maximum absolute atomic E-state index is 12.5. The third kappa shape index (κ3) is 12.6. The van der Waals surface area contributed by atoms with Gasteiger partial charge < -0.3 is 18.9 Å². The fourth-order valence-corrected chi connectivity index (χ4v) is 8.73. The molecule has 8 nitrogen and oxygen atoms in total. The third-order valence-electron chi connectivity index (χ3n) is 10.9. The van der Waals surface area contributed by atoms with Crippen LogP contribution in [0.25, 0.3) is 0 Å². The van der Waals surface area contributed by atoms with Crippen LogP contribution in [0.4, 0.5) is 0 Å². The number of hydrogen-bond acceptors (Lipinski definition) is 8. The van der Waals surface area contributed by atoms with E-state index in [0.29, 0.717) is 62.7 Å². The average molecular weight is 617 g/mol. The Morgan fingerprint density at radius 1 is 0.591 bits per heavy atom. The fourth-order valence-electron chi connectivity index (χ4n) is 8.73. The largest absolute Gasteiger partial charge is 0.463 e. The highest BCUT2D eigenvalue weighted by atomic mass is 16.6. The van der Waals surface area contributed by atoms with E-state index in [0.717, 1.165) is 69.6 Å². The van der Waals surface area contributed by atoms with Crippen LogP contribution in [0, 0.1) is 35.5 Å². The second kappa shape index (κ2) is 19.7. The number of methoxy groups -OCH3 is 2. The molecule has 44 heavy (non-hydrogen) atoms. The number of hydrogen-bond donors (Lipinski definition) is 0. The van der Waals surface area contributed by atoms with Crippen molar-refractivity contribution in [2.45, 2.75) is 134 Å². The molecule has 4 rings (SSSR count). The number of rotatable bonds is 15. The summed E-state index contributed by atoms with van der Waals surface area (Å²) in [6.45, 7) is 1.65. The van der Waals surface area contributed by atoms with E-state index in [4.69, 9.17) is 28.9 Å². The molecule has 250 valence electrons. The highest BCUT2D eigenvalue weighted by molar-refractivity contribution is 5.72. The van der Waals surface area contributed by atoms with Gasteiger partial charge in [-0.25, -0.2) is 9.98 Å². The van der Waals surface area contributed by atoms with E-state index >= 15 is 0 Å². The lowest BCUT2D eigenvalue weighted by atomic mass is 9.73. The Kier molecular flexibility index (Phi) is 15.7. The number of carbonyl (C=O) groups excluding carboxylic acids is 2. The standard InChI is InChI=1S/C36H60N2O6/c1-41-15-17-43-35(39)25-31-8-3-7-27(20-31)19-29-10-5-13-33(23-29)37-26-38-34-14-6-11-30(24-34)21-28-9-4-12-32(22-28)36(40)44-18-16-42-2/h27-34H,3-25H2,1-2H3. The van der Waals surface area contributed by atoms with Gasteiger partial charge in [-0.2, -0.15) is 0 Å². The van der Waals surface area contributed by atoms with Crippen molar-refractivity contribution < 1.29 is 28.5 Å². The van der Waals surface area contributed by atoms with Crippen molar-refractivity contribution >= 4 is 17.9 Å². The van der Waals surface area contributed by atoms with Crippen LogP contribution >= 0.6 is 0 Å². The summed E-state index contributed by atoms with van der Waals surface area (Å²) in [4.78, 5) is 34.4. The van der Waals surface area contributed by atoms with Crippen LogP contribution in [0.1, 0.15) is 122 Å². The molecule has 4 aliphatic carbocycles. The van der Waals surface area contributed by atoms with Gasteiger partial charge in [0.15, 0.2) is 0 Å². The highest BCUT2D eigenvalue weighted by Gasteiger charge is 2.32. The average Bonchev–Trinajstić information content (AvgIpc) is 3.02. The maximum Gasteiger partial charge on any atom is 0.309 e. The Hall–Kier alpha value is -1.76. The van der Waals surface area contributed by atoms with Gasteiger partial charge in [-0.3, -0.25) is 9.59 Å². The second-order valence-corrected chi connectivity index (χ2v) is 14.4. The zero-order valence-electron chi connectivity index (χ0n) is 27.7. The Bertz CT molecular complexity index is 920. The Morgan fingerprint density at radius 3 is 1.70 bits per heavy atom. The molecular formula is C36H60N2O6. The summed E-state index contributed by atoms with van der Waals surface area (Å²) in [5.41, 5.74) is 0. The lowest BCUT2D eigenvalue weighted by molar-refractivity contribution is -0.151. The summed E-state index contributed by atoms with van der Waals surface area (Å²) in [7, 11) is 3.26. The fraction of sp³-hybridized carbons (Fsp3) is 0.917. The molecule has 0 N–H and O–H groups in total. The van der Waals surface area contributed by atoms with Gasteiger partial charge in [-0.15, -0.1) is 0 Å². The van der Waals surface area contributed by atoms with Crippen molar-refractivity contribution in [2.24, 2.45) is 45.5 Å².